The molecule has 1 saturated heterocycles. The Morgan fingerprint density at radius 3 is 2.07 bits per heavy atom. The first-order chi connectivity index (χ1) is 27.3. The van der Waals surface area contributed by atoms with Crippen molar-refractivity contribution >= 4 is 40.1 Å². The Labute approximate surface area is 346 Å². The Balaban J connectivity index is 1.76. The smallest absolute Gasteiger partial charge is 0.226 e. The summed E-state index contributed by atoms with van der Waals surface area (Å²) in [6.07, 6.45) is -1.40. The number of likely N-dealkylation sites (N-methyl/N-ethyl adjacent to an activating group) is 2. The third kappa shape index (κ3) is 11.9. The minimum absolute atomic E-state index is 0.0199. The van der Waals surface area contributed by atoms with E-state index in [0.29, 0.717) is 17.7 Å². The summed E-state index contributed by atoms with van der Waals surface area (Å²) in [5.41, 5.74) is 0.456. The van der Waals surface area contributed by atoms with E-state index in [-0.39, 0.29) is 79.5 Å². The van der Waals surface area contributed by atoms with Gasteiger partial charge in [0.15, 0.2) is 11.6 Å². The number of rotatable bonds is 22. The van der Waals surface area contributed by atoms with Gasteiger partial charge in [0, 0.05) is 45.7 Å². The van der Waals surface area contributed by atoms with E-state index in [9.17, 15) is 29.1 Å². The predicted octanol–water partition coefficient (Wildman–Crippen LogP) is 4.86. The van der Waals surface area contributed by atoms with E-state index in [1.54, 1.807) is 43.0 Å². The molecule has 0 bridgehead atoms. The number of hydrogen-bond acceptors (Lipinski definition) is 10. The van der Waals surface area contributed by atoms with Crippen LogP contribution in [0.5, 0.6) is 5.75 Å². The Kier molecular flexibility index (Phi) is 18.3. The second kappa shape index (κ2) is 21.9. The average molecular weight is 811 g/mol. The zero-order valence-electron chi connectivity index (χ0n) is 37.1. The molecule has 9 atom stereocenters. The zero-order chi connectivity index (χ0) is 43.6. The summed E-state index contributed by atoms with van der Waals surface area (Å²) in [7, 11) is 10.1. The fourth-order valence-corrected chi connectivity index (χ4v) is 8.72. The van der Waals surface area contributed by atoms with E-state index in [0.717, 1.165) is 10.8 Å². The molecule has 0 unspecified atom stereocenters. The van der Waals surface area contributed by atoms with E-state index in [2.05, 4.69) is 5.32 Å². The molecule has 0 spiro atoms. The molecule has 1 aliphatic rings. The summed E-state index contributed by atoms with van der Waals surface area (Å²) in [5.74, 6) is -1.83. The molecule has 0 aliphatic carbocycles. The number of benzene rings is 2. The maximum atomic E-state index is 14.3. The van der Waals surface area contributed by atoms with Gasteiger partial charge in [0.2, 0.25) is 17.7 Å². The molecule has 0 aromatic heterocycles. The molecule has 3 amide bonds. The minimum Gasteiger partial charge on any atom is -0.497 e. The predicted molar refractivity (Wildman–Crippen MR) is 226 cm³/mol. The van der Waals surface area contributed by atoms with E-state index in [4.69, 9.17) is 14.2 Å². The molecule has 1 heterocycles. The van der Waals surface area contributed by atoms with Crippen molar-refractivity contribution in [3.63, 3.8) is 0 Å². The fraction of sp³-hybridized carbons (Fsp3) is 0.667. The lowest BCUT2D eigenvalue weighted by molar-refractivity contribution is -0.149. The monoisotopic (exact) mass is 811 g/mol. The summed E-state index contributed by atoms with van der Waals surface area (Å²) < 4.78 is 17.2. The molecule has 2 aromatic rings. The van der Waals surface area contributed by atoms with Gasteiger partial charge >= 0.3 is 0 Å². The van der Waals surface area contributed by atoms with Gasteiger partial charge in [0.05, 0.1) is 62.4 Å². The van der Waals surface area contributed by atoms with Gasteiger partial charge in [-0.3, -0.25) is 28.9 Å². The lowest BCUT2D eigenvalue weighted by Crippen LogP contribution is -2.54. The summed E-state index contributed by atoms with van der Waals surface area (Å²) in [6.45, 7) is 13.4. The van der Waals surface area contributed by atoms with E-state index < -0.39 is 48.1 Å². The number of carbonyl (C=O) groups excluding carboxylic acids is 5. The number of ketones is 2. The van der Waals surface area contributed by atoms with Crippen molar-refractivity contribution < 1.29 is 43.3 Å². The third-order valence-electron chi connectivity index (χ3n) is 12.1. The molecular formula is C45H70N4O9. The van der Waals surface area contributed by atoms with Crippen molar-refractivity contribution in [1.82, 2.24) is 20.0 Å². The number of Topliss-reactive ketones (excluding diaryl/α,β-unsaturated/α-hetero) is 2. The fourth-order valence-electron chi connectivity index (χ4n) is 8.72. The lowest BCUT2D eigenvalue weighted by Gasteiger charge is -2.41. The number of nitrogens with one attached hydrogen (secondary N) is 1. The number of amides is 3. The average Bonchev–Trinajstić information content (AvgIpc) is 3.58. The Hall–Kier alpha value is -3.91. The molecule has 2 N–H and O–H groups in total. The van der Waals surface area contributed by atoms with Crippen LogP contribution >= 0.6 is 0 Å². The van der Waals surface area contributed by atoms with Crippen LogP contribution in [0.15, 0.2) is 36.4 Å². The molecule has 1 fully saturated rings. The van der Waals surface area contributed by atoms with Crippen LogP contribution in [-0.2, 0) is 28.7 Å². The first-order valence-corrected chi connectivity index (χ1v) is 20.7. The number of carbonyl (C=O) groups is 5. The van der Waals surface area contributed by atoms with Crippen LogP contribution in [0.4, 0.5) is 0 Å². The van der Waals surface area contributed by atoms with Gasteiger partial charge in [-0.05, 0) is 67.2 Å². The second-order valence-electron chi connectivity index (χ2n) is 17.0. The van der Waals surface area contributed by atoms with Crippen LogP contribution in [-0.4, -0.2) is 141 Å². The van der Waals surface area contributed by atoms with E-state index in [1.165, 1.54) is 14.2 Å². The largest absolute Gasteiger partial charge is 0.497 e. The molecule has 3 rings (SSSR count). The number of hydrogen-bond donors (Lipinski definition) is 2. The summed E-state index contributed by atoms with van der Waals surface area (Å²) in [4.78, 5) is 73.9. The number of β-amino-alcohol motifs (C(OH)–C–C–N with tert-alkyl or cyclic N) is 1. The first kappa shape index (κ1) is 48.5. The Bertz CT molecular complexity index is 1710. The van der Waals surface area contributed by atoms with Crippen molar-refractivity contribution in [2.45, 2.75) is 111 Å². The first-order valence-electron chi connectivity index (χ1n) is 20.7. The molecule has 0 radical (unpaired) electrons. The summed E-state index contributed by atoms with van der Waals surface area (Å²) in [5, 5.41) is 15.4. The van der Waals surface area contributed by atoms with Gasteiger partial charge in [-0.2, -0.15) is 0 Å². The highest BCUT2D eigenvalue weighted by atomic mass is 16.5. The number of likely N-dealkylation sites (tertiary alicyclic amines) is 1. The van der Waals surface area contributed by atoms with Gasteiger partial charge in [-0.1, -0.05) is 73.1 Å². The summed E-state index contributed by atoms with van der Waals surface area (Å²) in [6, 6.07) is 9.46. The van der Waals surface area contributed by atoms with Crippen LogP contribution in [0.1, 0.15) is 84.5 Å². The van der Waals surface area contributed by atoms with Crippen molar-refractivity contribution in [3.05, 3.63) is 42.0 Å². The molecule has 324 valence electrons. The Morgan fingerprint density at radius 2 is 1.52 bits per heavy atom. The van der Waals surface area contributed by atoms with Gasteiger partial charge in [0.1, 0.15) is 5.75 Å². The molecule has 0 saturated carbocycles. The number of aliphatic hydroxyl groups excluding tert-OH is 1. The van der Waals surface area contributed by atoms with Crippen molar-refractivity contribution in [2.24, 2.45) is 29.6 Å². The van der Waals surface area contributed by atoms with Crippen LogP contribution in [0.2, 0.25) is 0 Å². The van der Waals surface area contributed by atoms with Gasteiger partial charge in [-0.25, -0.2) is 0 Å². The van der Waals surface area contributed by atoms with Crippen LogP contribution in [0, 0.1) is 29.6 Å². The standard InChI is InChI=1S/C45H70N4O9/c1-14-28(6)42(48(10)45(55)35(26(2)3)22-37(51)41(27(4)5)47(8)9)39(57-12)23-40(53)49-25-33(50)21-36(49)43(58-13)29(7)44(54)46-24-38(52)32-16-15-31-20-34(56-11)18-17-30(31)19-32/h15-20,26-29,33,35-36,39,41-43,50H,14,21-25H2,1-13H3,(H,46,54)/t28-,29+,33-,35-,36-,39+,41-,42-,43+/m0/s1. The molecular weight excluding hydrogens is 741 g/mol. The highest BCUT2D eigenvalue weighted by Gasteiger charge is 2.45. The van der Waals surface area contributed by atoms with Crippen LogP contribution in [0.3, 0.4) is 0 Å². The maximum absolute atomic E-state index is 14.3. The number of fused-ring (bicyclic) bond motifs is 1. The molecule has 1 aliphatic heterocycles. The molecule has 58 heavy (non-hydrogen) atoms. The molecule has 13 heteroatoms. The molecule has 2 aromatic carbocycles. The number of methoxy groups -OCH3 is 3. The lowest BCUT2D eigenvalue weighted by atomic mass is 9.83. The third-order valence-corrected chi connectivity index (χ3v) is 12.1. The highest BCUT2D eigenvalue weighted by molar-refractivity contribution is 6.02. The molecule has 13 nitrogen and oxygen atoms in total. The van der Waals surface area contributed by atoms with Crippen molar-refractivity contribution in [1.29, 1.82) is 0 Å². The number of nitrogens with zero attached hydrogens (tertiary/aromatic N) is 3. The van der Waals surface area contributed by atoms with Crippen LogP contribution in [0.25, 0.3) is 10.8 Å². The number of ether oxygens (including phenoxy) is 3. The van der Waals surface area contributed by atoms with Crippen LogP contribution < -0.4 is 10.1 Å². The van der Waals surface area contributed by atoms with Crippen molar-refractivity contribution in [2.75, 3.05) is 55.6 Å². The quantitative estimate of drug-likeness (QED) is 0.158. The number of aliphatic hydroxyl groups is 1. The topological polar surface area (TPSA) is 155 Å². The maximum Gasteiger partial charge on any atom is 0.226 e. The van der Waals surface area contributed by atoms with Gasteiger partial charge in [-0.15, -0.1) is 0 Å². The van der Waals surface area contributed by atoms with E-state index >= 15 is 0 Å². The normalized spacial score (nSPS) is 19.4. The van der Waals surface area contributed by atoms with Crippen molar-refractivity contribution in [3.8, 4) is 5.75 Å². The highest BCUT2D eigenvalue weighted by Crippen LogP contribution is 2.31. The SMILES string of the molecule is CC[C@H](C)[C@@H]([C@@H](CC(=O)N1C[C@@H](O)C[C@H]1[C@H](OC)[C@@H](C)C(=O)NCC(=O)c1ccc2cc(OC)ccc2c1)OC)N(C)C(=O)[C@@H](CC(=O)[C@H](C(C)C)N(C)C)C(C)C. The van der Waals surface area contributed by atoms with E-state index in [1.807, 2.05) is 84.8 Å². The van der Waals surface area contributed by atoms with Gasteiger partial charge < -0.3 is 34.4 Å². The van der Waals surface area contributed by atoms with Gasteiger partial charge in [0.25, 0.3) is 0 Å². The zero-order valence-corrected chi connectivity index (χ0v) is 37.1. The Morgan fingerprint density at radius 1 is 0.879 bits per heavy atom. The summed E-state index contributed by atoms with van der Waals surface area (Å²) >= 11 is 0. The second-order valence-corrected chi connectivity index (χ2v) is 17.0. The minimum atomic E-state index is -0.840.